The van der Waals surface area contributed by atoms with Gasteiger partial charge in [-0.05, 0) is 31.9 Å². The number of benzene rings is 1. The Morgan fingerprint density at radius 1 is 1.06 bits per heavy atom. The molecule has 0 aliphatic carbocycles. The van der Waals surface area contributed by atoms with Gasteiger partial charge < -0.3 is 4.74 Å². The van der Waals surface area contributed by atoms with Gasteiger partial charge in [0.1, 0.15) is 5.75 Å². The summed E-state index contributed by atoms with van der Waals surface area (Å²) in [5.41, 5.74) is 1.21. The highest BCUT2D eigenvalue weighted by molar-refractivity contribution is 8.13. The molecule has 0 aliphatic heterocycles. The maximum Gasteiger partial charge on any atom is 0.232 e. The van der Waals surface area contributed by atoms with Crippen molar-refractivity contribution in [3.8, 4) is 5.75 Å². The van der Waals surface area contributed by atoms with Crippen LogP contribution in [0.1, 0.15) is 31.2 Å². The number of aryl methyl sites for hydroxylation is 1. The van der Waals surface area contributed by atoms with E-state index in [1.807, 2.05) is 31.2 Å². The SMILES string of the molecule is Cc1ccc(OCCCCCCS(=O)(=O)Cl)cc1. The average molecular weight is 291 g/mol. The Morgan fingerprint density at radius 2 is 1.67 bits per heavy atom. The second-order valence-corrected chi connectivity index (χ2v) is 7.22. The van der Waals surface area contributed by atoms with Gasteiger partial charge in [0, 0.05) is 10.7 Å². The van der Waals surface area contributed by atoms with Gasteiger partial charge in [-0.3, -0.25) is 0 Å². The molecule has 1 aromatic carbocycles. The van der Waals surface area contributed by atoms with Gasteiger partial charge in [0.2, 0.25) is 9.05 Å². The van der Waals surface area contributed by atoms with Crippen molar-refractivity contribution in [1.82, 2.24) is 0 Å². The van der Waals surface area contributed by atoms with Crippen molar-refractivity contribution in [1.29, 1.82) is 0 Å². The number of rotatable bonds is 8. The highest BCUT2D eigenvalue weighted by Crippen LogP contribution is 2.12. The Kier molecular flexibility index (Phi) is 6.50. The molecule has 18 heavy (non-hydrogen) atoms. The fraction of sp³-hybridized carbons (Fsp3) is 0.538. The van der Waals surface area contributed by atoms with Crippen LogP contribution in [0.5, 0.6) is 5.75 Å². The lowest BCUT2D eigenvalue weighted by atomic mass is 10.2. The third-order valence-electron chi connectivity index (χ3n) is 2.57. The van der Waals surface area contributed by atoms with Gasteiger partial charge in [-0.1, -0.05) is 30.5 Å². The quantitative estimate of drug-likeness (QED) is 0.543. The van der Waals surface area contributed by atoms with Gasteiger partial charge >= 0.3 is 0 Å². The van der Waals surface area contributed by atoms with Crippen LogP contribution in [0, 0.1) is 6.92 Å². The lowest BCUT2D eigenvalue weighted by Gasteiger charge is -2.06. The topological polar surface area (TPSA) is 43.4 Å². The molecule has 102 valence electrons. The standard InChI is InChI=1S/C13H19ClO3S/c1-12-6-8-13(9-7-12)17-10-4-2-3-5-11-18(14,15)16/h6-9H,2-5,10-11H2,1H3. The van der Waals surface area contributed by atoms with Gasteiger partial charge in [-0.15, -0.1) is 0 Å². The first-order valence-electron chi connectivity index (χ1n) is 6.09. The van der Waals surface area contributed by atoms with Crippen LogP contribution in [-0.2, 0) is 9.05 Å². The monoisotopic (exact) mass is 290 g/mol. The molecule has 0 atom stereocenters. The summed E-state index contributed by atoms with van der Waals surface area (Å²) in [5.74, 6) is 0.942. The first-order valence-corrected chi connectivity index (χ1v) is 8.57. The molecule has 0 saturated heterocycles. The van der Waals surface area contributed by atoms with Crippen LogP contribution < -0.4 is 4.74 Å². The van der Waals surface area contributed by atoms with Crippen molar-refractivity contribution in [2.75, 3.05) is 12.4 Å². The fourth-order valence-electron chi connectivity index (χ4n) is 1.55. The zero-order valence-corrected chi connectivity index (χ0v) is 12.1. The molecule has 0 spiro atoms. The average Bonchev–Trinajstić information content (AvgIpc) is 2.29. The molecule has 0 saturated carbocycles. The zero-order chi connectivity index (χ0) is 13.4. The first kappa shape index (κ1) is 15.3. The highest BCUT2D eigenvalue weighted by atomic mass is 35.7. The van der Waals surface area contributed by atoms with Crippen LogP contribution in [0.4, 0.5) is 0 Å². The van der Waals surface area contributed by atoms with E-state index in [9.17, 15) is 8.42 Å². The molecule has 0 fully saturated rings. The maximum atomic E-state index is 10.7. The van der Waals surface area contributed by atoms with Crippen molar-refractivity contribution in [2.45, 2.75) is 32.6 Å². The predicted molar refractivity (Wildman–Crippen MR) is 74.8 cm³/mol. The van der Waals surface area contributed by atoms with E-state index >= 15 is 0 Å². The van der Waals surface area contributed by atoms with E-state index in [1.165, 1.54) is 5.56 Å². The molecule has 0 radical (unpaired) electrons. The number of ether oxygens (including phenoxy) is 1. The van der Waals surface area contributed by atoms with Crippen LogP contribution in [0.15, 0.2) is 24.3 Å². The fourth-order valence-corrected chi connectivity index (χ4v) is 2.43. The smallest absolute Gasteiger partial charge is 0.232 e. The van der Waals surface area contributed by atoms with Crippen LogP contribution in [0.2, 0.25) is 0 Å². The van der Waals surface area contributed by atoms with Crippen LogP contribution in [0.25, 0.3) is 0 Å². The van der Waals surface area contributed by atoms with Gasteiger partial charge in [0.15, 0.2) is 0 Å². The summed E-state index contributed by atoms with van der Waals surface area (Å²) in [6.45, 7) is 2.70. The molecule has 0 amide bonds. The molecule has 5 heteroatoms. The lowest BCUT2D eigenvalue weighted by molar-refractivity contribution is 0.305. The summed E-state index contributed by atoms with van der Waals surface area (Å²) in [5, 5.41) is 0. The predicted octanol–water partition coefficient (Wildman–Crippen LogP) is 3.50. The van der Waals surface area contributed by atoms with Crippen LogP contribution >= 0.6 is 10.7 Å². The summed E-state index contributed by atoms with van der Waals surface area (Å²) < 4.78 is 26.9. The Hall–Kier alpha value is -0.740. The van der Waals surface area contributed by atoms with Crippen molar-refractivity contribution < 1.29 is 13.2 Å². The normalized spacial score (nSPS) is 11.4. The van der Waals surface area contributed by atoms with Crippen molar-refractivity contribution in [3.63, 3.8) is 0 Å². The Morgan fingerprint density at radius 3 is 2.28 bits per heavy atom. The number of hydrogen-bond donors (Lipinski definition) is 0. The Labute approximate surface area is 114 Å². The molecule has 1 aromatic rings. The largest absolute Gasteiger partial charge is 0.494 e. The summed E-state index contributed by atoms with van der Waals surface area (Å²) in [4.78, 5) is 0. The second-order valence-electron chi connectivity index (χ2n) is 4.32. The summed E-state index contributed by atoms with van der Waals surface area (Å²) in [7, 11) is 1.79. The number of unbranched alkanes of at least 4 members (excludes halogenated alkanes) is 3. The van der Waals surface area contributed by atoms with E-state index in [2.05, 4.69) is 0 Å². The Balaban J connectivity index is 2.04. The first-order chi connectivity index (χ1) is 8.47. The van der Waals surface area contributed by atoms with Gasteiger partial charge in [-0.25, -0.2) is 8.42 Å². The minimum atomic E-state index is -3.32. The summed E-state index contributed by atoms with van der Waals surface area (Å²) >= 11 is 0. The van der Waals surface area contributed by atoms with E-state index in [0.29, 0.717) is 13.0 Å². The van der Waals surface area contributed by atoms with E-state index in [-0.39, 0.29) is 5.75 Å². The molecule has 0 N–H and O–H groups in total. The molecular weight excluding hydrogens is 272 g/mol. The van der Waals surface area contributed by atoms with Crippen molar-refractivity contribution >= 4 is 19.7 Å². The molecule has 0 aliphatic rings. The minimum absolute atomic E-state index is 0.0629. The lowest BCUT2D eigenvalue weighted by Crippen LogP contribution is -1.99. The third-order valence-corrected chi connectivity index (χ3v) is 3.81. The number of halogens is 1. The van der Waals surface area contributed by atoms with Crippen LogP contribution in [0.3, 0.4) is 0 Å². The van der Waals surface area contributed by atoms with Gasteiger partial charge in [0.25, 0.3) is 0 Å². The van der Waals surface area contributed by atoms with E-state index in [1.54, 1.807) is 0 Å². The second kappa shape index (κ2) is 7.64. The highest BCUT2D eigenvalue weighted by Gasteiger charge is 2.03. The van der Waals surface area contributed by atoms with E-state index in [4.69, 9.17) is 15.4 Å². The summed E-state index contributed by atoms with van der Waals surface area (Å²) in [6, 6.07) is 7.94. The molecule has 0 unspecified atom stereocenters. The Bertz CT molecular complexity index is 440. The van der Waals surface area contributed by atoms with E-state index < -0.39 is 9.05 Å². The third kappa shape index (κ3) is 7.56. The van der Waals surface area contributed by atoms with Crippen molar-refractivity contribution in [3.05, 3.63) is 29.8 Å². The van der Waals surface area contributed by atoms with Crippen LogP contribution in [-0.4, -0.2) is 20.8 Å². The zero-order valence-electron chi connectivity index (χ0n) is 10.6. The maximum absolute atomic E-state index is 10.7. The molecule has 0 aromatic heterocycles. The molecule has 1 rings (SSSR count). The summed E-state index contributed by atoms with van der Waals surface area (Å²) in [6.07, 6.45) is 3.37. The molecule has 0 bridgehead atoms. The minimum Gasteiger partial charge on any atom is -0.494 e. The van der Waals surface area contributed by atoms with Gasteiger partial charge in [0.05, 0.1) is 12.4 Å². The van der Waals surface area contributed by atoms with Gasteiger partial charge in [-0.2, -0.15) is 0 Å². The molecule has 3 nitrogen and oxygen atoms in total. The van der Waals surface area contributed by atoms with E-state index in [0.717, 1.165) is 25.0 Å². The number of hydrogen-bond acceptors (Lipinski definition) is 3. The molecule has 0 heterocycles. The molecular formula is C13H19ClO3S. The van der Waals surface area contributed by atoms with Crippen molar-refractivity contribution in [2.24, 2.45) is 0 Å².